The Kier molecular flexibility index (Phi) is 4.61. The van der Waals surface area contributed by atoms with Gasteiger partial charge in [-0.25, -0.2) is 0 Å². The number of aromatic nitrogens is 1. The summed E-state index contributed by atoms with van der Waals surface area (Å²) < 4.78 is 5.70. The molecular weight excluding hydrogens is 388 g/mol. The maximum absolute atomic E-state index is 11.9. The molecule has 0 aliphatic rings. The van der Waals surface area contributed by atoms with Gasteiger partial charge in [-0.1, -0.05) is 35.0 Å². The molecule has 0 aliphatic carbocycles. The molecule has 7 heteroatoms. The molecule has 0 radical (unpaired) electrons. The average molecular weight is 398 g/mol. The molecule has 1 aromatic carbocycles. The highest BCUT2D eigenvalue weighted by Gasteiger charge is 2.12. The summed E-state index contributed by atoms with van der Waals surface area (Å²) in [6.07, 6.45) is 2.67. The monoisotopic (exact) mass is 396 g/mol. The van der Waals surface area contributed by atoms with Crippen molar-refractivity contribution in [2.45, 2.75) is 6.54 Å². The fourth-order valence-corrected chi connectivity index (χ4v) is 3.73. The minimum Gasteiger partial charge on any atom is -0.364 e. The van der Waals surface area contributed by atoms with E-state index in [2.05, 4.69) is 30.9 Å². The predicted molar refractivity (Wildman–Crippen MR) is 90.1 cm³/mol. The van der Waals surface area contributed by atoms with Gasteiger partial charge in [-0.15, -0.1) is 11.3 Å². The zero-order valence-corrected chi connectivity index (χ0v) is 14.3. The molecule has 0 atom stereocenters. The summed E-state index contributed by atoms with van der Waals surface area (Å²) in [6.45, 7) is 0.337. The fourth-order valence-electron chi connectivity index (χ4n) is 1.96. The summed E-state index contributed by atoms with van der Waals surface area (Å²) in [4.78, 5) is 13.0. The molecule has 0 saturated heterocycles. The Bertz CT molecular complexity index is 802. The van der Waals surface area contributed by atoms with E-state index in [0.717, 1.165) is 19.8 Å². The van der Waals surface area contributed by atoms with Crippen LogP contribution in [-0.2, 0) is 6.54 Å². The van der Waals surface area contributed by atoms with Crippen LogP contribution in [0.15, 0.2) is 51.1 Å². The molecule has 0 bridgehead atoms. The van der Waals surface area contributed by atoms with E-state index in [1.807, 2.05) is 30.3 Å². The zero-order valence-electron chi connectivity index (χ0n) is 11.2. The molecule has 22 heavy (non-hydrogen) atoms. The van der Waals surface area contributed by atoms with E-state index in [9.17, 15) is 4.79 Å². The minimum absolute atomic E-state index is 0.249. The largest absolute Gasteiger partial charge is 0.364 e. The van der Waals surface area contributed by atoms with Crippen LogP contribution >= 0.6 is 38.9 Å². The van der Waals surface area contributed by atoms with Gasteiger partial charge in [-0.3, -0.25) is 4.79 Å². The average Bonchev–Trinajstić information content (AvgIpc) is 3.17. The number of benzene rings is 1. The molecule has 0 spiro atoms. The number of hydrogen-bond acceptors (Lipinski definition) is 4. The van der Waals surface area contributed by atoms with Gasteiger partial charge in [-0.2, -0.15) is 0 Å². The summed E-state index contributed by atoms with van der Waals surface area (Å²) in [5.41, 5.74) is 2.19. The Morgan fingerprint density at radius 1 is 1.36 bits per heavy atom. The maximum Gasteiger partial charge on any atom is 0.256 e. The zero-order chi connectivity index (χ0) is 15.5. The van der Waals surface area contributed by atoms with Crippen molar-refractivity contribution in [2.75, 3.05) is 0 Å². The van der Waals surface area contributed by atoms with Crippen molar-refractivity contribution in [2.24, 2.45) is 0 Å². The van der Waals surface area contributed by atoms with Crippen molar-refractivity contribution in [3.05, 3.63) is 62.7 Å². The quantitative estimate of drug-likeness (QED) is 0.691. The Labute approximate surface area is 144 Å². The molecule has 3 aromatic rings. The third kappa shape index (κ3) is 3.24. The molecule has 1 amide bonds. The Morgan fingerprint density at radius 2 is 2.23 bits per heavy atom. The number of carbonyl (C=O) groups excluding carboxylic acids is 1. The molecule has 112 valence electrons. The van der Waals surface area contributed by atoms with Crippen molar-refractivity contribution < 1.29 is 9.32 Å². The van der Waals surface area contributed by atoms with Gasteiger partial charge in [0.05, 0.1) is 20.6 Å². The summed E-state index contributed by atoms with van der Waals surface area (Å²) in [5.74, 6) is -0.249. The van der Waals surface area contributed by atoms with Gasteiger partial charge in [0.25, 0.3) is 5.91 Å². The fraction of sp³-hybridized carbons (Fsp3) is 0.0667. The number of nitrogens with one attached hydrogen (secondary N) is 1. The molecule has 0 saturated carbocycles. The molecule has 3 rings (SSSR count). The van der Waals surface area contributed by atoms with Crippen LogP contribution in [0, 0.1) is 0 Å². The molecular formula is C15H10BrClN2O2S. The molecule has 0 fully saturated rings. The second-order valence-electron chi connectivity index (χ2n) is 4.48. The summed E-state index contributed by atoms with van der Waals surface area (Å²) in [6, 6.07) is 9.77. The van der Waals surface area contributed by atoms with Crippen molar-refractivity contribution in [3.8, 4) is 10.4 Å². The van der Waals surface area contributed by atoms with Crippen LogP contribution in [0.25, 0.3) is 10.4 Å². The van der Waals surface area contributed by atoms with Gasteiger partial charge < -0.3 is 9.84 Å². The molecule has 0 aliphatic heterocycles. The van der Waals surface area contributed by atoms with Crippen molar-refractivity contribution in [1.82, 2.24) is 10.5 Å². The third-order valence-electron chi connectivity index (χ3n) is 3.05. The van der Waals surface area contributed by atoms with Gasteiger partial charge in [0.15, 0.2) is 0 Å². The standard InChI is InChI=1S/C15H10BrClN2O2S/c16-13-5-4-12(22-13)11-3-1-2-9(14(11)17)6-18-15(20)10-7-19-21-8-10/h1-5,7-8H,6H2,(H,18,20). The van der Waals surface area contributed by atoms with E-state index in [-0.39, 0.29) is 5.91 Å². The number of hydrogen-bond donors (Lipinski definition) is 1. The van der Waals surface area contributed by atoms with Gasteiger partial charge in [0.2, 0.25) is 0 Å². The topological polar surface area (TPSA) is 55.1 Å². The predicted octanol–water partition coefficient (Wildman–Crippen LogP) is 4.75. The van der Waals surface area contributed by atoms with Crippen LogP contribution in [0.1, 0.15) is 15.9 Å². The lowest BCUT2D eigenvalue weighted by Crippen LogP contribution is -2.22. The van der Waals surface area contributed by atoms with Crippen LogP contribution in [0.2, 0.25) is 5.02 Å². The molecule has 0 unspecified atom stereocenters. The molecule has 2 heterocycles. The first-order valence-corrected chi connectivity index (χ1v) is 8.34. The number of thiophene rings is 1. The molecule has 2 aromatic heterocycles. The van der Waals surface area contributed by atoms with Gasteiger partial charge in [0, 0.05) is 17.0 Å². The van der Waals surface area contributed by atoms with Crippen LogP contribution in [0.5, 0.6) is 0 Å². The highest BCUT2D eigenvalue weighted by molar-refractivity contribution is 9.11. The van der Waals surface area contributed by atoms with Gasteiger partial charge in [0.1, 0.15) is 6.26 Å². The molecule has 1 N–H and O–H groups in total. The number of carbonyl (C=O) groups is 1. The van der Waals surface area contributed by atoms with E-state index < -0.39 is 0 Å². The lowest BCUT2D eigenvalue weighted by Gasteiger charge is -2.09. The van der Waals surface area contributed by atoms with Gasteiger partial charge in [-0.05, 0) is 33.6 Å². The second kappa shape index (κ2) is 6.64. The Hall–Kier alpha value is -1.63. The highest BCUT2D eigenvalue weighted by Crippen LogP contribution is 2.36. The first kappa shape index (κ1) is 15.3. The molecule has 4 nitrogen and oxygen atoms in total. The number of rotatable bonds is 4. The van der Waals surface area contributed by atoms with Crippen LogP contribution in [-0.4, -0.2) is 11.1 Å². The van der Waals surface area contributed by atoms with Crippen LogP contribution in [0.3, 0.4) is 0 Å². The third-order valence-corrected chi connectivity index (χ3v) is 5.15. The number of amides is 1. The lowest BCUT2D eigenvalue weighted by molar-refractivity contribution is 0.0950. The van der Waals surface area contributed by atoms with Crippen molar-refractivity contribution in [3.63, 3.8) is 0 Å². The SMILES string of the molecule is O=C(NCc1cccc(-c2ccc(Br)s2)c1Cl)c1cnoc1. The normalized spacial score (nSPS) is 10.6. The van der Waals surface area contributed by atoms with E-state index >= 15 is 0 Å². The van der Waals surface area contributed by atoms with E-state index in [4.69, 9.17) is 11.6 Å². The minimum atomic E-state index is -0.249. The first-order chi connectivity index (χ1) is 10.6. The smallest absolute Gasteiger partial charge is 0.256 e. The summed E-state index contributed by atoms with van der Waals surface area (Å²) in [5, 5.41) is 6.94. The van der Waals surface area contributed by atoms with E-state index in [1.54, 1.807) is 11.3 Å². The van der Waals surface area contributed by atoms with Crippen LogP contribution in [0.4, 0.5) is 0 Å². The second-order valence-corrected chi connectivity index (χ2v) is 7.32. The lowest BCUT2D eigenvalue weighted by atomic mass is 10.1. The maximum atomic E-state index is 11.9. The summed E-state index contributed by atoms with van der Waals surface area (Å²) >= 11 is 11.5. The Balaban J connectivity index is 1.79. The highest BCUT2D eigenvalue weighted by atomic mass is 79.9. The Morgan fingerprint density at radius 3 is 2.91 bits per heavy atom. The van der Waals surface area contributed by atoms with E-state index in [0.29, 0.717) is 17.1 Å². The van der Waals surface area contributed by atoms with Crippen LogP contribution < -0.4 is 5.32 Å². The van der Waals surface area contributed by atoms with Crippen molar-refractivity contribution >= 4 is 44.8 Å². The first-order valence-electron chi connectivity index (χ1n) is 6.36. The summed E-state index contributed by atoms with van der Waals surface area (Å²) in [7, 11) is 0. The van der Waals surface area contributed by atoms with E-state index in [1.165, 1.54) is 12.5 Å². The number of nitrogens with zero attached hydrogens (tertiary/aromatic N) is 1. The van der Waals surface area contributed by atoms with Gasteiger partial charge >= 0.3 is 0 Å². The van der Waals surface area contributed by atoms with Crippen molar-refractivity contribution in [1.29, 1.82) is 0 Å². The number of halogens is 2.